The molecule has 0 atom stereocenters. The van der Waals surface area contributed by atoms with E-state index in [-0.39, 0.29) is 24.9 Å². The van der Waals surface area contributed by atoms with E-state index in [9.17, 15) is 26.8 Å². The van der Waals surface area contributed by atoms with Gasteiger partial charge in [0, 0.05) is 6.54 Å². The van der Waals surface area contributed by atoms with E-state index >= 15 is 0 Å². The molecule has 1 amide bonds. The van der Waals surface area contributed by atoms with Crippen LogP contribution < -0.4 is 5.14 Å². The third-order valence-corrected chi connectivity index (χ3v) is 3.99. The number of hydrogen-bond donors (Lipinski definition) is 2. The van der Waals surface area contributed by atoms with Crippen molar-refractivity contribution in [2.75, 3.05) is 6.54 Å². The topological polar surface area (TPSA) is 127 Å². The molecule has 146 valence electrons. The Morgan fingerprint density at radius 3 is 2.12 bits per heavy atom. The summed E-state index contributed by atoms with van der Waals surface area (Å²) in [5, 5.41) is 13.7. The lowest BCUT2D eigenvalue weighted by atomic mass is 10.1. The molecule has 0 bridgehead atoms. The summed E-state index contributed by atoms with van der Waals surface area (Å²) in [4.78, 5) is 22.7. The molecular formula is C15H20F2N2O6S. The van der Waals surface area contributed by atoms with Crippen LogP contribution in [0.1, 0.15) is 43.1 Å². The second kappa shape index (κ2) is 7.96. The smallest absolute Gasteiger partial charge is 0.425 e. The quantitative estimate of drug-likeness (QED) is 0.760. The van der Waals surface area contributed by atoms with Crippen molar-refractivity contribution in [1.82, 2.24) is 4.31 Å². The van der Waals surface area contributed by atoms with E-state index in [1.54, 1.807) is 20.8 Å². The van der Waals surface area contributed by atoms with Gasteiger partial charge in [0.15, 0.2) is 0 Å². The maximum absolute atomic E-state index is 13.6. The van der Waals surface area contributed by atoms with Crippen LogP contribution in [0, 0.1) is 11.6 Å². The molecule has 1 aromatic carbocycles. The van der Waals surface area contributed by atoms with E-state index < -0.39 is 45.1 Å². The van der Waals surface area contributed by atoms with Crippen molar-refractivity contribution in [3.63, 3.8) is 0 Å². The predicted molar refractivity (Wildman–Crippen MR) is 87.7 cm³/mol. The van der Waals surface area contributed by atoms with Crippen LogP contribution in [0.3, 0.4) is 0 Å². The van der Waals surface area contributed by atoms with Crippen LogP contribution in [-0.4, -0.2) is 42.0 Å². The Morgan fingerprint density at radius 1 is 1.23 bits per heavy atom. The third kappa shape index (κ3) is 6.23. The van der Waals surface area contributed by atoms with Gasteiger partial charge in [0.25, 0.3) is 0 Å². The number of carboxylic acids is 1. The number of aromatic carboxylic acids is 1. The van der Waals surface area contributed by atoms with Gasteiger partial charge >= 0.3 is 22.3 Å². The van der Waals surface area contributed by atoms with Gasteiger partial charge in [-0.2, -0.15) is 12.7 Å². The van der Waals surface area contributed by atoms with Crippen molar-refractivity contribution in [2.24, 2.45) is 5.14 Å². The first-order valence-electron chi connectivity index (χ1n) is 7.47. The van der Waals surface area contributed by atoms with E-state index in [1.165, 1.54) is 0 Å². The standard InChI is InChI=1S/C15H20F2N2O6S/c1-15(2,3)25-14(22)19(26(18,23)24)6-4-5-9-7-10(16)12(13(20)21)11(17)8-9/h7-8H,4-6H2,1-3H3,(H,20,21)(H2,18,23,24). The average Bonchev–Trinajstić information content (AvgIpc) is 2.38. The summed E-state index contributed by atoms with van der Waals surface area (Å²) in [6, 6.07) is 1.67. The van der Waals surface area contributed by atoms with E-state index in [1.807, 2.05) is 0 Å². The minimum Gasteiger partial charge on any atom is -0.477 e. The van der Waals surface area contributed by atoms with Crippen molar-refractivity contribution in [3.05, 3.63) is 34.9 Å². The number of aryl methyl sites for hydroxylation is 1. The van der Waals surface area contributed by atoms with Crippen molar-refractivity contribution in [1.29, 1.82) is 0 Å². The molecule has 0 spiro atoms. The fraction of sp³-hybridized carbons (Fsp3) is 0.467. The number of hydrogen-bond acceptors (Lipinski definition) is 5. The summed E-state index contributed by atoms with van der Waals surface area (Å²) in [5.74, 6) is -4.23. The number of carbonyl (C=O) groups excluding carboxylic acids is 1. The largest absolute Gasteiger partial charge is 0.477 e. The van der Waals surface area contributed by atoms with Gasteiger partial charge in [-0.1, -0.05) is 0 Å². The number of amides is 1. The molecule has 1 rings (SSSR count). The number of halogens is 2. The maximum Gasteiger partial charge on any atom is 0.425 e. The van der Waals surface area contributed by atoms with E-state index in [0.29, 0.717) is 4.31 Å². The van der Waals surface area contributed by atoms with Gasteiger partial charge in [0.2, 0.25) is 0 Å². The number of rotatable bonds is 6. The van der Waals surface area contributed by atoms with Gasteiger partial charge in [-0.3, -0.25) is 0 Å². The fourth-order valence-electron chi connectivity index (χ4n) is 2.04. The molecule has 11 heteroatoms. The number of ether oxygens (including phenoxy) is 1. The van der Waals surface area contributed by atoms with Crippen LogP contribution in [0.5, 0.6) is 0 Å². The zero-order chi connectivity index (χ0) is 20.3. The monoisotopic (exact) mass is 394 g/mol. The summed E-state index contributed by atoms with van der Waals surface area (Å²) in [5.41, 5.74) is -1.92. The van der Waals surface area contributed by atoms with Crippen LogP contribution in [0.4, 0.5) is 13.6 Å². The van der Waals surface area contributed by atoms with E-state index in [0.717, 1.165) is 12.1 Å². The molecule has 0 saturated carbocycles. The lowest BCUT2D eigenvalue weighted by molar-refractivity contribution is 0.0389. The number of carbonyl (C=O) groups is 2. The zero-order valence-electron chi connectivity index (χ0n) is 14.5. The molecule has 0 aliphatic carbocycles. The average molecular weight is 394 g/mol. The highest BCUT2D eigenvalue weighted by molar-refractivity contribution is 7.87. The zero-order valence-corrected chi connectivity index (χ0v) is 15.3. The normalized spacial score (nSPS) is 11.9. The molecule has 1 aromatic rings. The molecule has 8 nitrogen and oxygen atoms in total. The first-order chi connectivity index (χ1) is 11.7. The minimum atomic E-state index is -4.39. The van der Waals surface area contributed by atoms with Gasteiger partial charge in [0.1, 0.15) is 22.8 Å². The van der Waals surface area contributed by atoms with Crippen molar-refractivity contribution in [3.8, 4) is 0 Å². The highest BCUT2D eigenvalue weighted by Crippen LogP contribution is 2.18. The Hall–Kier alpha value is -2.27. The van der Waals surface area contributed by atoms with Crippen LogP contribution >= 0.6 is 0 Å². The summed E-state index contributed by atoms with van der Waals surface area (Å²) >= 11 is 0. The van der Waals surface area contributed by atoms with Gasteiger partial charge in [-0.15, -0.1) is 0 Å². The van der Waals surface area contributed by atoms with Gasteiger partial charge in [-0.05, 0) is 51.3 Å². The summed E-state index contributed by atoms with van der Waals surface area (Å²) in [7, 11) is -4.39. The summed E-state index contributed by atoms with van der Waals surface area (Å²) < 4.78 is 55.6. The highest BCUT2D eigenvalue weighted by Gasteiger charge is 2.29. The lowest BCUT2D eigenvalue weighted by Crippen LogP contribution is -2.44. The number of benzene rings is 1. The number of nitrogens with zero attached hydrogens (tertiary/aromatic N) is 1. The third-order valence-electron chi connectivity index (χ3n) is 3.05. The second-order valence-electron chi connectivity index (χ2n) is 6.44. The molecule has 0 aromatic heterocycles. The molecule has 0 saturated heterocycles. The van der Waals surface area contributed by atoms with Crippen molar-refractivity contribution >= 4 is 22.3 Å². The first-order valence-corrected chi connectivity index (χ1v) is 8.97. The Balaban J connectivity index is 2.86. The molecule has 0 heterocycles. The first kappa shape index (κ1) is 21.8. The molecule has 0 unspecified atom stereocenters. The molecule has 0 aliphatic heterocycles. The fourth-order valence-corrected chi connectivity index (χ4v) is 2.66. The molecule has 26 heavy (non-hydrogen) atoms. The Morgan fingerprint density at radius 2 is 1.73 bits per heavy atom. The van der Waals surface area contributed by atoms with E-state index in [4.69, 9.17) is 15.0 Å². The molecule has 0 aliphatic rings. The van der Waals surface area contributed by atoms with Crippen LogP contribution in [0.2, 0.25) is 0 Å². The van der Waals surface area contributed by atoms with Crippen LogP contribution in [-0.2, 0) is 21.4 Å². The molecular weight excluding hydrogens is 374 g/mol. The van der Waals surface area contributed by atoms with Crippen molar-refractivity contribution < 1.29 is 36.6 Å². The van der Waals surface area contributed by atoms with Gasteiger partial charge in [0.05, 0.1) is 0 Å². The Bertz CT molecular complexity index is 782. The number of carboxylic acid groups (broad SMARTS) is 1. The Kier molecular flexibility index (Phi) is 6.66. The SMILES string of the molecule is CC(C)(C)OC(=O)N(CCCc1cc(F)c(C(=O)O)c(F)c1)S(N)(=O)=O. The summed E-state index contributed by atoms with van der Waals surface area (Å²) in [6.07, 6.45) is -1.21. The number of nitrogens with two attached hydrogens (primary N) is 1. The van der Waals surface area contributed by atoms with Crippen LogP contribution in [0.15, 0.2) is 12.1 Å². The second-order valence-corrected chi connectivity index (χ2v) is 7.91. The van der Waals surface area contributed by atoms with E-state index in [2.05, 4.69) is 0 Å². The van der Waals surface area contributed by atoms with Crippen LogP contribution in [0.25, 0.3) is 0 Å². The van der Waals surface area contributed by atoms with Crippen molar-refractivity contribution in [2.45, 2.75) is 39.2 Å². The highest BCUT2D eigenvalue weighted by atomic mass is 32.2. The molecule has 0 fully saturated rings. The van der Waals surface area contributed by atoms with Gasteiger partial charge < -0.3 is 9.84 Å². The molecule has 0 radical (unpaired) electrons. The lowest BCUT2D eigenvalue weighted by Gasteiger charge is -2.25. The molecule has 3 N–H and O–H groups in total. The Labute approximate surface area is 149 Å². The van der Waals surface area contributed by atoms with Gasteiger partial charge in [-0.25, -0.2) is 23.5 Å². The summed E-state index contributed by atoms with van der Waals surface area (Å²) in [6.45, 7) is 4.25. The minimum absolute atomic E-state index is 0.0129. The maximum atomic E-state index is 13.6. The predicted octanol–water partition coefficient (Wildman–Crippen LogP) is 2.04.